The Kier molecular flexibility index (Phi) is 5.92. The van der Waals surface area contributed by atoms with Gasteiger partial charge in [0.05, 0.1) is 10.6 Å². The fourth-order valence-electron chi connectivity index (χ4n) is 2.54. The number of hydrogen-bond acceptors (Lipinski definition) is 4. The van der Waals surface area contributed by atoms with Crippen molar-refractivity contribution in [2.45, 2.75) is 32.6 Å². The molecule has 0 aliphatic rings. The van der Waals surface area contributed by atoms with E-state index in [1.54, 1.807) is 39.8 Å². The van der Waals surface area contributed by atoms with Gasteiger partial charge in [0, 0.05) is 18.8 Å². The number of nitrogens with one attached hydrogen (secondary N) is 1. The summed E-state index contributed by atoms with van der Waals surface area (Å²) in [6.45, 7) is 7.62. The number of nitrogens with zero attached hydrogens (tertiary/aromatic N) is 1. The molecule has 1 amide bonds. The molecule has 0 radical (unpaired) electrons. The Morgan fingerprint density at radius 2 is 1.84 bits per heavy atom. The van der Waals surface area contributed by atoms with Gasteiger partial charge in [0.25, 0.3) is 5.91 Å². The van der Waals surface area contributed by atoms with Crippen LogP contribution in [0.2, 0.25) is 5.02 Å². The SMILES string of the molecule is CCN(CC)S(=O)(=O)c1cc(NC(=O)c2cc(C)oc2C)ccc1Cl. The third-order valence-electron chi connectivity index (χ3n) is 3.80. The second-order valence-corrected chi connectivity index (χ2v) is 7.83. The van der Waals surface area contributed by atoms with Crippen molar-refractivity contribution in [2.75, 3.05) is 18.4 Å². The molecule has 0 aliphatic heterocycles. The lowest BCUT2D eigenvalue weighted by atomic mass is 10.2. The maximum Gasteiger partial charge on any atom is 0.259 e. The number of halogens is 1. The van der Waals surface area contributed by atoms with Crippen molar-refractivity contribution >= 4 is 33.2 Å². The Hall–Kier alpha value is -1.83. The van der Waals surface area contributed by atoms with E-state index in [9.17, 15) is 13.2 Å². The summed E-state index contributed by atoms with van der Waals surface area (Å²) >= 11 is 6.09. The van der Waals surface area contributed by atoms with Gasteiger partial charge in [-0.25, -0.2) is 8.42 Å². The molecule has 1 aromatic carbocycles. The van der Waals surface area contributed by atoms with Crippen LogP contribution in [0.4, 0.5) is 5.69 Å². The van der Waals surface area contributed by atoms with Gasteiger partial charge in [0.1, 0.15) is 16.4 Å². The Balaban J connectivity index is 2.36. The molecule has 0 saturated heterocycles. The Morgan fingerprint density at radius 3 is 2.36 bits per heavy atom. The van der Waals surface area contributed by atoms with Gasteiger partial charge in [-0.3, -0.25) is 4.79 Å². The van der Waals surface area contributed by atoms with E-state index in [-0.39, 0.29) is 15.8 Å². The zero-order chi connectivity index (χ0) is 18.8. The second-order valence-electron chi connectivity index (χ2n) is 5.52. The first kappa shape index (κ1) is 19.5. The van der Waals surface area contributed by atoms with E-state index in [0.717, 1.165) is 0 Å². The summed E-state index contributed by atoms with van der Waals surface area (Å²) in [4.78, 5) is 12.3. The topological polar surface area (TPSA) is 79.6 Å². The lowest BCUT2D eigenvalue weighted by Crippen LogP contribution is -2.30. The van der Waals surface area contributed by atoms with Crippen LogP contribution in [0.3, 0.4) is 0 Å². The van der Waals surface area contributed by atoms with E-state index in [1.165, 1.54) is 16.4 Å². The predicted octanol–water partition coefficient (Wildman–Crippen LogP) is 3.83. The zero-order valence-corrected chi connectivity index (χ0v) is 16.2. The average Bonchev–Trinajstić information content (AvgIpc) is 2.88. The van der Waals surface area contributed by atoms with Gasteiger partial charge in [-0.1, -0.05) is 25.4 Å². The van der Waals surface area contributed by atoms with E-state index in [2.05, 4.69) is 5.32 Å². The fourth-order valence-corrected chi connectivity index (χ4v) is 4.49. The number of amides is 1. The molecule has 1 heterocycles. The number of aryl methyl sites for hydroxylation is 2. The molecule has 0 spiro atoms. The Morgan fingerprint density at radius 1 is 1.20 bits per heavy atom. The van der Waals surface area contributed by atoms with Crippen LogP contribution < -0.4 is 5.32 Å². The monoisotopic (exact) mass is 384 g/mol. The molecule has 0 saturated carbocycles. The molecule has 2 rings (SSSR count). The van der Waals surface area contributed by atoms with Crippen molar-refractivity contribution in [1.82, 2.24) is 4.31 Å². The van der Waals surface area contributed by atoms with Gasteiger partial charge in [-0.15, -0.1) is 0 Å². The molecular formula is C17H21ClN2O4S. The predicted molar refractivity (Wildman–Crippen MR) is 97.7 cm³/mol. The largest absolute Gasteiger partial charge is 0.466 e. The first-order valence-electron chi connectivity index (χ1n) is 7.88. The van der Waals surface area contributed by atoms with E-state index in [0.29, 0.717) is 35.9 Å². The number of anilines is 1. The molecule has 25 heavy (non-hydrogen) atoms. The highest BCUT2D eigenvalue weighted by Gasteiger charge is 2.25. The summed E-state index contributed by atoms with van der Waals surface area (Å²) in [5.41, 5.74) is 0.749. The van der Waals surface area contributed by atoms with E-state index in [1.807, 2.05) is 0 Å². The summed E-state index contributed by atoms with van der Waals surface area (Å²) in [7, 11) is -3.73. The minimum Gasteiger partial charge on any atom is -0.466 e. The number of hydrogen-bond donors (Lipinski definition) is 1. The maximum absolute atomic E-state index is 12.7. The molecule has 0 aliphatic carbocycles. The average molecular weight is 385 g/mol. The molecule has 1 aromatic heterocycles. The van der Waals surface area contributed by atoms with Crippen molar-refractivity contribution in [3.63, 3.8) is 0 Å². The van der Waals surface area contributed by atoms with Crippen LogP contribution in [0.15, 0.2) is 33.6 Å². The third kappa shape index (κ3) is 4.05. The lowest BCUT2D eigenvalue weighted by molar-refractivity contribution is 0.102. The number of carbonyl (C=O) groups is 1. The van der Waals surface area contributed by atoms with Crippen LogP contribution in [0.25, 0.3) is 0 Å². The third-order valence-corrected chi connectivity index (χ3v) is 6.33. The van der Waals surface area contributed by atoms with Gasteiger partial charge >= 0.3 is 0 Å². The van der Waals surface area contributed by atoms with Crippen LogP contribution in [0.1, 0.15) is 35.7 Å². The van der Waals surface area contributed by atoms with Crippen molar-refractivity contribution in [2.24, 2.45) is 0 Å². The van der Waals surface area contributed by atoms with E-state index < -0.39 is 10.0 Å². The minimum atomic E-state index is -3.73. The summed E-state index contributed by atoms with van der Waals surface area (Å²) < 4.78 is 32.0. The smallest absolute Gasteiger partial charge is 0.259 e. The number of sulfonamides is 1. The molecular weight excluding hydrogens is 364 g/mol. The van der Waals surface area contributed by atoms with Crippen molar-refractivity contribution in [3.05, 3.63) is 46.4 Å². The number of furan rings is 1. The molecule has 2 aromatic rings. The molecule has 6 nitrogen and oxygen atoms in total. The second kappa shape index (κ2) is 7.59. The summed E-state index contributed by atoms with van der Waals surface area (Å²) in [6.07, 6.45) is 0. The maximum atomic E-state index is 12.7. The van der Waals surface area contributed by atoms with E-state index >= 15 is 0 Å². The molecule has 8 heteroatoms. The summed E-state index contributed by atoms with van der Waals surface area (Å²) in [6, 6.07) is 6.02. The van der Waals surface area contributed by atoms with Crippen LogP contribution in [-0.2, 0) is 10.0 Å². The number of benzene rings is 1. The van der Waals surface area contributed by atoms with Gasteiger partial charge < -0.3 is 9.73 Å². The highest BCUT2D eigenvalue weighted by Crippen LogP contribution is 2.28. The Bertz CT molecular complexity index is 886. The number of carbonyl (C=O) groups excluding carboxylic acids is 1. The molecule has 136 valence electrons. The summed E-state index contributed by atoms with van der Waals surface area (Å²) in [5, 5.41) is 2.80. The molecule has 0 unspecified atom stereocenters. The quantitative estimate of drug-likeness (QED) is 0.820. The summed E-state index contributed by atoms with van der Waals surface area (Å²) in [5.74, 6) is 0.756. The Labute approximate surface area is 152 Å². The number of rotatable bonds is 6. The first-order valence-corrected chi connectivity index (χ1v) is 9.70. The molecule has 0 bridgehead atoms. The van der Waals surface area contributed by atoms with Gasteiger partial charge in [-0.2, -0.15) is 4.31 Å². The highest BCUT2D eigenvalue weighted by molar-refractivity contribution is 7.89. The minimum absolute atomic E-state index is 0.0317. The van der Waals surface area contributed by atoms with Crippen LogP contribution >= 0.6 is 11.6 Å². The van der Waals surface area contributed by atoms with Crippen molar-refractivity contribution in [1.29, 1.82) is 0 Å². The normalized spacial score (nSPS) is 11.8. The standard InChI is InChI=1S/C17H21ClN2O4S/c1-5-20(6-2)25(22,23)16-10-13(7-8-15(16)18)19-17(21)14-9-11(3)24-12(14)4/h7-10H,5-6H2,1-4H3,(H,19,21). The highest BCUT2D eigenvalue weighted by atomic mass is 35.5. The molecule has 1 N–H and O–H groups in total. The molecule has 0 atom stereocenters. The van der Waals surface area contributed by atoms with Gasteiger partial charge in [-0.05, 0) is 38.1 Å². The van der Waals surface area contributed by atoms with Gasteiger partial charge in [0.2, 0.25) is 10.0 Å². The van der Waals surface area contributed by atoms with Crippen LogP contribution in [-0.4, -0.2) is 31.7 Å². The van der Waals surface area contributed by atoms with E-state index in [4.69, 9.17) is 16.0 Å². The van der Waals surface area contributed by atoms with Crippen molar-refractivity contribution < 1.29 is 17.6 Å². The lowest BCUT2D eigenvalue weighted by Gasteiger charge is -2.19. The molecule has 0 fully saturated rings. The van der Waals surface area contributed by atoms with Crippen LogP contribution in [0, 0.1) is 13.8 Å². The first-order chi connectivity index (χ1) is 11.7. The van der Waals surface area contributed by atoms with Gasteiger partial charge in [0.15, 0.2) is 0 Å². The van der Waals surface area contributed by atoms with Crippen molar-refractivity contribution in [3.8, 4) is 0 Å². The fraction of sp³-hybridized carbons (Fsp3) is 0.353. The van der Waals surface area contributed by atoms with Crippen LogP contribution in [0.5, 0.6) is 0 Å². The zero-order valence-electron chi connectivity index (χ0n) is 14.6.